The van der Waals surface area contributed by atoms with Crippen molar-refractivity contribution in [2.45, 2.75) is 13.3 Å². The zero-order valence-electron chi connectivity index (χ0n) is 9.22. The Bertz CT molecular complexity index is 419. The number of carbonyl (C=O) groups excluding carboxylic acids is 1. The van der Waals surface area contributed by atoms with E-state index in [1.54, 1.807) is 0 Å². The molecule has 1 amide bonds. The van der Waals surface area contributed by atoms with Gasteiger partial charge in [0.1, 0.15) is 5.82 Å². The van der Waals surface area contributed by atoms with Gasteiger partial charge in [-0.25, -0.2) is 4.39 Å². The van der Waals surface area contributed by atoms with Crippen LogP contribution in [-0.2, 0) is 11.2 Å². The molecule has 1 rings (SSSR count). The molecule has 0 spiro atoms. The van der Waals surface area contributed by atoms with Gasteiger partial charge in [0.2, 0.25) is 5.91 Å². The minimum atomic E-state index is -0.498. The van der Waals surface area contributed by atoms with Gasteiger partial charge in [-0.15, -0.1) is 0 Å². The van der Waals surface area contributed by atoms with E-state index in [1.165, 1.54) is 18.2 Å². The summed E-state index contributed by atoms with van der Waals surface area (Å²) in [4.78, 5) is 11.5. The maximum absolute atomic E-state index is 13.4. The molecule has 0 saturated carbocycles. The van der Waals surface area contributed by atoms with Gasteiger partial charge in [-0.1, -0.05) is 17.7 Å². The Morgan fingerprint density at radius 3 is 2.82 bits per heavy atom. The van der Waals surface area contributed by atoms with E-state index >= 15 is 0 Å². The molecule has 1 aromatic rings. The summed E-state index contributed by atoms with van der Waals surface area (Å²) < 4.78 is 13.4. The van der Waals surface area contributed by atoms with Crippen molar-refractivity contribution in [3.8, 4) is 0 Å². The van der Waals surface area contributed by atoms with Crippen LogP contribution in [0.15, 0.2) is 18.2 Å². The van der Waals surface area contributed by atoms with Crippen molar-refractivity contribution in [3.63, 3.8) is 0 Å². The molecule has 0 aromatic heterocycles. The summed E-state index contributed by atoms with van der Waals surface area (Å²) in [6.07, 6.45) is -0.142. The van der Waals surface area contributed by atoms with Gasteiger partial charge in [0.05, 0.1) is 6.42 Å². The number of benzene rings is 1. The lowest BCUT2D eigenvalue weighted by atomic mass is 10.1. The minimum absolute atomic E-state index is 0.142. The second kappa shape index (κ2) is 6.51. The number of nitrogens with one attached hydrogen (secondary N) is 2. The summed E-state index contributed by atoms with van der Waals surface area (Å²) in [6, 6.07) is 4.29. The van der Waals surface area contributed by atoms with E-state index in [2.05, 4.69) is 10.6 Å². The first-order valence-corrected chi connectivity index (χ1v) is 5.83. The molecular formula is C11H12ClFN2OS. The zero-order chi connectivity index (χ0) is 12.8. The smallest absolute Gasteiger partial charge is 0.230 e. The van der Waals surface area contributed by atoms with Gasteiger partial charge in [-0.2, -0.15) is 0 Å². The van der Waals surface area contributed by atoms with E-state index in [0.29, 0.717) is 6.54 Å². The quantitative estimate of drug-likeness (QED) is 0.829. The van der Waals surface area contributed by atoms with Crippen LogP contribution in [0.25, 0.3) is 0 Å². The summed E-state index contributed by atoms with van der Waals surface area (Å²) in [5.41, 5.74) is 0.172. The molecule has 0 aliphatic heterocycles. The predicted octanol–water partition coefficient (Wildman–Crippen LogP) is 2.03. The fraction of sp³-hybridized carbons (Fsp3) is 0.273. The Kier molecular flexibility index (Phi) is 5.31. The average molecular weight is 275 g/mol. The normalized spacial score (nSPS) is 9.82. The summed E-state index contributed by atoms with van der Waals surface area (Å²) in [7, 11) is 0. The molecule has 6 heteroatoms. The number of thiocarbonyl (C=S) groups is 1. The topological polar surface area (TPSA) is 41.1 Å². The van der Waals surface area contributed by atoms with Gasteiger partial charge in [0.15, 0.2) is 5.11 Å². The number of halogens is 2. The molecule has 0 saturated heterocycles. The van der Waals surface area contributed by atoms with Crippen LogP contribution in [0, 0.1) is 5.82 Å². The number of hydrogen-bond acceptors (Lipinski definition) is 2. The maximum Gasteiger partial charge on any atom is 0.230 e. The third-order valence-electron chi connectivity index (χ3n) is 1.99. The van der Waals surface area contributed by atoms with Gasteiger partial charge in [-0.05, 0) is 31.3 Å². The molecule has 0 unspecified atom stereocenters. The third kappa shape index (κ3) is 4.28. The van der Waals surface area contributed by atoms with Crippen LogP contribution >= 0.6 is 23.8 Å². The third-order valence-corrected chi connectivity index (χ3v) is 2.59. The summed E-state index contributed by atoms with van der Waals surface area (Å²) in [6.45, 7) is 2.46. The van der Waals surface area contributed by atoms with Crippen LogP contribution in [0.3, 0.4) is 0 Å². The van der Waals surface area contributed by atoms with Crippen LogP contribution in [0.2, 0.25) is 5.02 Å². The summed E-state index contributed by atoms with van der Waals surface area (Å²) >= 11 is 10.6. The van der Waals surface area contributed by atoms with Gasteiger partial charge in [0, 0.05) is 17.1 Å². The SMILES string of the molecule is CCNC(=S)NC(=O)Cc1c(F)cccc1Cl. The highest BCUT2D eigenvalue weighted by Crippen LogP contribution is 2.19. The van der Waals surface area contributed by atoms with Crippen LogP contribution in [0.5, 0.6) is 0 Å². The minimum Gasteiger partial charge on any atom is -0.363 e. The largest absolute Gasteiger partial charge is 0.363 e. The molecule has 1 aromatic carbocycles. The van der Waals surface area contributed by atoms with Crippen molar-refractivity contribution >= 4 is 34.8 Å². The highest BCUT2D eigenvalue weighted by molar-refractivity contribution is 7.80. The highest BCUT2D eigenvalue weighted by Gasteiger charge is 2.12. The van der Waals surface area contributed by atoms with Crippen LogP contribution in [0.4, 0.5) is 4.39 Å². The Hall–Kier alpha value is -1.20. The molecule has 2 N–H and O–H groups in total. The number of amides is 1. The van der Waals surface area contributed by atoms with Crippen molar-refractivity contribution in [1.82, 2.24) is 10.6 Å². The van der Waals surface area contributed by atoms with Crippen molar-refractivity contribution in [2.75, 3.05) is 6.54 Å². The first-order valence-electron chi connectivity index (χ1n) is 5.05. The van der Waals surface area contributed by atoms with E-state index in [9.17, 15) is 9.18 Å². The Morgan fingerprint density at radius 2 is 2.24 bits per heavy atom. The summed E-state index contributed by atoms with van der Waals surface area (Å²) in [5, 5.41) is 5.66. The van der Waals surface area contributed by atoms with Crippen molar-refractivity contribution in [2.24, 2.45) is 0 Å². The monoisotopic (exact) mass is 274 g/mol. The Labute approximate surface area is 109 Å². The number of rotatable bonds is 3. The molecule has 0 radical (unpaired) electrons. The highest BCUT2D eigenvalue weighted by atomic mass is 35.5. The molecule has 0 fully saturated rings. The predicted molar refractivity (Wildman–Crippen MR) is 69.5 cm³/mol. The molecule has 17 heavy (non-hydrogen) atoms. The summed E-state index contributed by atoms with van der Waals surface area (Å²) in [5.74, 6) is -0.898. The first kappa shape index (κ1) is 13.9. The fourth-order valence-corrected chi connectivity index (χ4v) is 1.73. The molecule has 3 nitrogen and oxygen atoms in total. The van der Waals surface area contributed by atoms with Gasteiger partial charge in [-0.3, -0.25) is 4.79 Å². The lowest BCUT2D eigenvalue weighted by Gasteiger charge is -2.08. The maximum atomic E-state index is 13.4. The van der Waals surface area contributed by atoms with Crippen LogP contribution in [-0.4, -0.2) is 17.6 Å². The molecular weight excluding hydrogens is 263 g/mol. The first-order chi connectivity index (χ1) is 8.04. The lowest BCUT2D eigenvalue weighted by Crippen LogP contribution is -2.39. The molecule has 92 valence electrons. The Morgan fingerprint density at radius 1 is 1.53 bits per heavy atom. The Balaban J connectivity index is 2.65. The second-order valence-corrected chi connectivity index (χ2v) is 4.10. The van der Waals surface area contributed by atoms with Crippen molar-refractivity contribution in [3.05, 3.63) is 34.6 Å². The van der Waals surface area contributed by atoms with E-state index in [4.69, 9.17) is 23.8 Å². The molecule has 0 bridgehead atoms. The molecule has 0 heterocycles. The van der Waals surface area contributed by atoms with E-state index in [0.717, 1.165) is 0 Å². The van der Waals surface area contributed by atoms with E-state index in [1.807, 2.05) is 6.92 Å². The van der Waals surface area contributed by atoms with E-state index in [-0.39, 0.29) is 22.1 Å². The van der Waals surface area contributed by atoms with Crippen molar-refractivity contribution < 1.29 is 9.18 Å². The van der Waals surface area contributed by atoms with Gasteiger partial charge in [0.25, 0.3) is 0 Å². The van der Waals surface area contributed by atoms with Crippen molar-refractivity contribution in [1.29, 1.82) is 0 Å². The lowest BCUT2D eigenvalue weighted by molar-refractivity contribution is -0.119. The average Bonchev–Trinajstić information content (AvgIpc) is 2.24. The van der Waals surface area contributed by atoms with Crippen LogP contribution < -0.4 is 10.6 Å². The second-order valence-electron chi connectivity index (χ2n) is 3.28. The van der Waals surface area contributed by atoms with Gasteiger partial charge >= 0.3 is 0 Å². The zero-order valence-corrected chi connectivity index (χ0v) is 10.8. The van der Waals surface area contributed by atoms with Gasteiger partial charge < -0.3 is 10.6 Å². The number of carbonyl (C=O) groups is 1. The fourth-order valence-electron chi connectivity index (χ4n) is 1.24. The standard InChI is InChI=1S/C11H12ClFN2OS/c1-2-14-11(17)15-10(16)6-7-8(12)4-3-5-9(7)13/h3-5H,2,6H2,1H3,(H2,14,15,16,17). The van der Waals surface area contributed by atoms with Crippen LogP contribution in [0.1, 0.15) is 12.5 Å². The molecule has 0 aliphatic carbocycles. The number of hydrogen-bond donors (Lipinski definition) is 2. The molecule has 0 aliphatic rings. The van der Waals surface area contributed by atoms with E-state index < -0.39 is 11.7 Å². The molecule has 0 atom stereocenters.